The van der Waals surface area contributed by atoms with Crippen LogP contribution >= 0.6 is 11.3 Å². The average molecular weight is 284 g/mol. The minimum absolute atomic E-state index is 0.583. The summed E-state index contributed by atoms with van der Waals surface area (Å²) in [6.07, 6.45) is 2.63. The van der Waals surface area contributed by atoms with Crippen LogP contribution in [-0.2, 0) is 22.6 Å². The molecule has 1 saturated carbocycles. The number of thiazole rings is 1. The first-order valence-corrected chi connectivity index (χ1v) is 7.94. The monoisotopic (exact) mass is 284 g/mol. The van der Waals surface area contributed by atoms with Crippen molar-refractivity contribution >= 4 is 11.3 Å². The third-order valence-corrected chi connectivity index (χ3v) is 3.69. The van der Waals surface area contributed by atoms with Gasteiger partial charge in [-0.1, -0.05) is 13.8 Å². The maximum absolute atomic E-state index is 5.55. The number of rotatable bonds is 10. The molecule has 1 N–H and O–H groups in total. The Hall–Kier alpha value is -0.490. The summed E-state index contributed by atoms with van der Waals surface area (Å²) < 4.78 is 11.0. The second kappa shape index (κ2) is 7.94. The summed E-state index contributed by atoms with van der Waals surface area (Å²) in [6.45, 7) is 7.88. The van der Waals surface area contributed by atoms with Crippen molar-refractivity contribution in [3.63, 3.8) is 0 Å². The van der Waals surface area contributed by atoms with Gasteiger partial charge >= 0.3 is 0 Å². The SMILES string of the molecule is CC(C)COCCOCc1csc(CNC2CC2)n1. The summed E-state index contributed by atoms with van der Waals surface area (Å²) in [5.41, 5.74) is 1.03. The van der Waals surface area contributed by atoms with Crippen LogP contribution in [0, 0.1) is 5.92 Å². The van der Waals surface area contributed by atoms with E-state index in [9.17, 15) is 0 Å². The van der Waals surface area contributed by atoms with E-state index in [1.165, 1.54) is 12.8 Å². The molecule has 1 fully saturated rings. The maximum atomic E-state index is 5.55. The smallest absolute Gasteiger partial charge is 0.107 e. The molecule has 0 atom stereocenters. The molecule has 0 spiro atoms. The van der Waals surface area contributed by atoms with Crippen molar-refractivity contribution in [3.8, 4) is 0 Å². The van der Waals surface area contributed by atoms with Crippen LogP contribution in [0.2, 0.25) is 0 Å². The minimum atomic E-state index is 0.583. The van der Waals surface area contributed by atoms with Crippen LogP contribution in [0.15, 0.2) is 5.38 Å². The van der Waals surface area contributed by atoms with Crippen LogP contribution < -0.4 is 5.32 Å². The molecule has 0 aliphatic heterocycles. The van der Waals surface area contributed by atoms with Gasteiger partial charge in [0.25, 0.3) is 0 Å². The Kier molecular flexibility index (Phi) is 6.23. The van der Waals surface area contributed by atoms with Crippen LogP contribution in [0.1, 0.15) is 37.4 Å². The highest BCUT2D eigenvalue weighted by molar-refractivity contribution is 7.09. The van der Waals surface area contributed by atoms with Crippen molar-refractivity contribution < 1.29 is 9.47 Å². The number of hydrogen-bond donors (Lipinski definition) is 1. The fourth-order valence-corrected chi connectivity index (χ4v) is 2.36. The number of nitrogens with zero attached hydrogens (tertiary/aromatic N) is 1. The number of aromatic nitrogens is 1. The van der Waals surface area contributed by atoms with Gasteiger partial charge in [0.2, 0.25) is 0 Å². The Balaban J connectivity index is 1.52. The minimum Gasteiger partial charge on any atom is -0.379 e. The van der Waals surface area contributed by atoms with Crippen molar-refractivity contribution in [3.05, 3.63) is 16.1 Å². The fourth-order valence-electron chi connectivity index (χ4n) is 1.63. The van der Waals surface area contributed by atoms with E-state index in [1.807, 2.05) is 0 Å². The molecule has 1 aliphatic carbocycles. The van der Waals surface area contributed by atoms with Crippen LogP contribution in [0.25, 0.3) is 0 Å². The summed E-state index contributed by atoms with van der Waals surface area (Å²) in [5, 5.41) is 6.70. The van der Waals surface area contributed by atoms with E-state index in [0.29, 0.717) is 25.7 Å². The Morgan fingerprint density at radius 3 is 2.89 bits per heavy atom. The number of ether oxygens (including phenoxy) is 2. The fraction of sp³-hybridized carbons (Fsp3) is 0.786. The van der Waals surface area contributed by atoms with Gasteiger partial charge in [-0.25, -0.2) is 4.98 Å². The molecule has 4 nitrogen and oxygen atoms in total. The summed E-state index contributed by atoms with van der Waals surface area (Å²) in [5.74, 6) is 0.583. The average Bonchev–Trinajstić information content (AvgIpc) is 3.10. The van der Waals surface area contributed by atoms with Gasteiger partial charge < -0.3 is 14.8 Å². The second-order valence-corrected chi connectivity index (χ2v) is 6.35. The van der Waals surface area contributed by atoms with Crippen LogP contribution in [0.3, 0.4) is 0 Å². The zero-order valence-electron chi connectivity index (χ0n) is 11.9. The Morgan fingerprint density at radius 1 is 1.37 bits per heavy atom. The lowest BCUT2D eigenvalue weighted by molar-refractivity contribution is 0.0306. The van der Waals surface area contributed by atoms with E-state index in [1.54, 1.807) is 11.3 Å². The molecule has 1 heterocycles. The Bertz CT molecular complexity index is 364. The Morgan fingerprint density at radius 2 is 2.16 bits per heavy atom. The predicted molar refractivity (Wildman–Crippen MR) is 77.3 cm³/mol. The predicted octanol–water partition coefficient (Wildman–Crippen LogP) is 2.58. The molecule has 0 radical (unpaired) electrons. The lowest BCUT2D eigenvalue weighted by Crippen LogP contribution is -2.15. The van der Waals surface area contributed by atoms with E-state index >= 15 is 0 Å². The van der Waals surface area contributed by atoms with Gasteiger partial charge in [0.1, 0.15) is 5.01 Å². The van der Waals surface area contributed by atoms with Crippen molar-refractivity contribution in [1.29, 1.82) is 0 Å². The van der Waals surface area contributed by atoms with Crippen molar-refractivity contribution in [2.24, 2.45) is 5.92 Å². The number of hydrogen-bond acceptors (Lipinski definition) is 5. The van der Waals surface area contributed by atoms with Crippen LogP contribution in [-0.4, -0.2) is 30.8 Å². The van der Waals surface area contributed by atoms with E-state index in [0.717, 1.165) is 29.9 Å². The van der Waals surface area contributed by atoms with E-state index in [2.05, 4.69) is 29.5 Å². The second-order valence-electron chi connectivity index (χ2n) is 5.41. The van der Waals surface area contributed by atoms with Crippen molar-refractivity contribution in [2.75, 3.05) is 19.8 Å². The molecule has 1 aromatic rings. The van der Waals surface area contributed by atoms with Gasteiger partial charge in [-0.15, -0.1) is 11.3 Å². The molecule has 0 saturated heterocycles. The van der Waals surface area contributed by atoms with Gasteiger partial charge in [-0.05, 0) is 18.8 Å². The summed E-state index contributed by atoms with van der Waals surface area (Å²) >= 11 is 1.71. The van der Waals surface area contributed by atoms with Gasteiger partial charge in [0.05, 0.1) is 25.5 Å². The molecule has 0 aromatic carbocycles. The van der Waals surface area contributed by atoms with Gasteiger partial charge in [0, 0.05) is 24.6 Å². The lowest BCUT2D eigenvalue weighted by Gasteiger charge is -2.06. The topological polar surface area (TPSA) is 43.4 Å². The molecule has 108 valence electrons. The normalized spacial score (nSPS) is 15.3. The van der Waals surface area contributed by atoms with E-state index < -0.39 is 0 Å². The first-order valence-electron chi connectivity index (χ1n) is 7.06. The molecule has 2 rings (SSSR count). The molecule has 0 unspecified atom stereocenters. The van der Waals surface area contributed by atoms with Crippen LogP contribution in [0.4, 0.5) is 0 Å². The van der Waals surface area contributed by atoms with E-state index in [-0.39, 0.29) is 0 Å². The van der Waals surface area contributed by atoms with Crippen molar-refractivity contribution in [1.82, 2.24) is 10.3 Å². The standard InChI is InChI=1S/C14H24N2O2S/c1-11(2)8-17-5-6-18-9-13-10-19-14(16-13)7-15-12-3-4-12/h10-12,15H,3-9H2,1-2H3. The molecular formula is C14H24N2O2S. The first-order chi connectivity index (χ1) is 9.24. The van der Waals surface area contributed by atoms with E-state index in [4.69, 9.17) is 9.47 Å². The number of nitrogens with one attached hydrogen (secondary N) is 1. The highest BCUT2D eigenvalue weighted by Crippen LogP contribution is 2.20. The summed E-state index contributed by atoms with van der Waals surface area (Å²) in [4.78, 5) is 4.55. The Labute approximate surface area is 119 Å². The largest absolute Gasteiger partial charge is 0.379 e. The molecule has 0 amide bonds. The zero-order valence-corrected chi connectivity index (χ0v) is 12.7. The maximum Gasteiger partial charge on any atom is 0.107 e. The summed E-state index contributed by atoms with van der Waals surface area (Å²) in [7, 11) is 0. The third kappa shape index (κ3) is 6.47. The lowest BCUT2D eigenvalue weighted by atomic mass is 10.2. The zero-order chi connectivity index (χ0) is 13.5. The quantitative estimate of drug-likeness (QED) is 0.671. The van der Waals surface area contributed by atoms with Crippen LogP contribution in [0.5, 0.6) is 0 Å². The highest BCUT2D eigenvalue weighted by Gasteiger charge is 2.20. The highest BCUT2D eigenvalue weighted by atomic mass is 32.1. The molecule has 1 aromatic heterocycles. The van der Waals surface area contributed by atoms with Gasteiger partial charge in [0.15, 0.2) is 0 Å². The molecule has 1 aliphatic rings. The molecule has 19 heavy (non-hydrogen) atoms. The molecular weight excluding hydrogens is 260 g/mol. The molecule has 0 bridgehead atoms. The van der Waals surface area contributed by atoms with Crippen molar-refractivity contribution in [2.45, 2.75) is 45.9 Å². The van der Waals surface area contributed by atoms with Gasteiger partial charge in [-0.3, -0.25) is 0 Å². The van der Waals surface area contributed by atoms with Gasteiger partial charge in [-0.2, -0.15) is 0 Å². The summed E-state index contributed by atoms with van der Waals surface area (Å²) in [6, 6.07) is 0.738. The first kappa shape index (κ1) is 14.9. The third-order valence-electron chi connectivity index (χ3n) is 2.79. The molecule has 5 heteroatoms.